The van der Waals surface area contributed by atoms with Crippen molar-refractivity contribution < 1.29 is 9.66 Å². The molecule has 2 aromatic rings. The number of nitrogens with two attached hydrogens (primary N) is 1. The Morgan fingerprint density at radius 1 is 1.35 bits per heavy atom. The summed E-state index contributed by atoms with van der Waals surface area (Å²) in [6.07, 6.45) is 1.21. The molecule has 1 heterocycles. The van der Waals surface area contributed by atoms with E-state index in [1.165, 1.54) is 12.3 Å². The molecule has 0 unspecified atom stereocenters. The van der Waals surface area contributed by atoms with E-state index in [0.29, 0.717) is 30.4 Å². The lowest BCUT2D eigenvalue weighted by atomic mass is 10.3. The number of hydrogen-bond acceptors (Lipinski definition) is 6. The third kappa shape index (κ3) is 3.84. The zero-order valence-corrected chi connectivity index (χ0v) is 10.7. The average molecular weight is 274 g/mol. The Bertz CT molecular complexity index is 586. The van der Waals surface area contributed by atoms with Gasteiger partial charge in [0.15, 0.2) is 0 Å². The van der Waals surface area contributed by atoms with Crippen LogP contribution in [0.4, 0.5) is 17.2 Å². The highest BCUT2D eigenvalue weighted by Crippen LogP contribution is 2.14. The Morgan fingerprint density at radius 3 is 2.85 bits per heavy atom. The van der Waals surface area contributed by atoms with Crippen molar-refractivity contribution in [1.29, 1.82) is 0 Å². The van der Waals surface area contributed by atoms with Crippen molar-refractivity contribution >= 4 is 17.2 Å². The number of hydrogen-bond donors (Lipinski definition) is 2. The van der Waals surface area contributed by atoms with Crippen LogP contribution in [-0.2, 0) is 0 Å². The quantitative estimate of drug-likeness (QED) is 0.361. The van der Waals surface area contributed by atoms with Gasteiger partial charge in [0.25, 0.3) is 5.69 Å². The third-order valence-corrected chi connectivity index (χ3v) is 2.49. The molecule has 0 amide bonds. The summed E-state index contributed by atoms with van der Waals surface area (Å²) in [5.41, 5.74) is 6.24. The molecule has 0 saturated heterocycles. The van der Waals surface area contributed by atoms with Crippen molar-refractivity contribution in [2.45, 2.75) is 0 Å². The van der Waals surface area contributed by atoms with Gasteiger partial charge in [-0.1, -0.05) is 6.07 Å². The number of benzene rings is 1. The predicted molar refractivity (Wildman–Crippen MR) is 75.7 cm³/mol. The van der Waals surface area contributed by atoms with E-state index in [2.05, 4.69) is 10.3 Å². The second-order valence-corrected chi connectivity index (χ2v) is 4.01. The Balaban J connectivity index is 1.77. The van der Waals surface area contributed by atoms with Gasteiger partial charge in [-0.05, 0) is 18.2 Å². The molecule has 0 spiro atoms. The fourth-order valence-electron chi connectivity index (χ4n) is 1.55. The van der Waals surface area contributed by atoms with Gasteiger partial charge in [0.05, 0.1) is 11.5 Å². The van der Waals surface area contributed by atoms with Crippen LogP contribution in [0.3, 0.4) is 0 Å². The highest BCUT2D eigenvalue weighted by atomic mass is 16.6. The Hall–Kier alpha value is -2.83. The maximum absolute atomic E-state index is 10.5. The van der Waals surface area contributed by atoms with E-state index < -0.39 is 4.92 Å². The third-order valence-electron chi connectivity index (χ3n) is 2.49. The van der Waals surface area contributed by atoms with Crippen molar-refractivity contribution in [2.75, 3.05) is 24.2 Å². The maximum atomic E-state index is 10.5. The first-order valence-electron chi connectivity index (χ1n) is 5.98. The molecule has 104 valence electrons. The van der Waals surface area contributed by atoms with Crippen molar-refractivity contribution in [1.82, 2.24) is 4.98 Å². The molecular weight excluding hydrogens is 260 g/mol. The first-order chi connectivity index (χ1) is 9.65. The molecule has 0 aliphatic carbocycles. The first kappa shape index (κ1) is 13.6. The summed E-state index contributed by atoms with van der Waals surface area (Å²) in [7, 11) is 0. The molecule has 20 heavy (non-hydrogen) atoms. The van der Waals surface area contributed by atoms with Crippen molar-refractivity contribution in [2.24, 2.45) is 0 Å². The molecule has 0 fully saturated rings. The van der Waals surface area contributed by atoms with E-state index in [1.807, 2.05) is 12.1 Å². The fraction of sp³-hybridized carbons (Fsp3) is 0.154. The van der Waals surface area contributed by atoms with E-state index in [1.54, 1.807) is 18.2 Å². The van der Waals surface area contributed by atoms with Crippen LogP contribution in [0.1, 0.15) is 0 Å². The summed E-state index contributed by atoms with van der Waals surface area (Å²) in [5.74, 6) is 1.26. The number of ether oxygens (including phenoxy) is 1. The normalized spacial score (nSPS) is 10.0. The van der Waals surface area contributed by atoms with Crippen molar-refractivity contribution in [3.05, 3.63) is 52.7 Å². The number of nitrogens with zero attached hydrogens (tertiary/aromatic N) is 2. The topological polar surface area (TPSA) is 103 Å². The molecule has 7 nitrogen and oxygen atoms in total. The van der Waals surface area contributed by atoms with Crippen LogP contribution in [-0.4, -0.2) is 23.1 Å². The summed E-state index contributed by atoms with van der Waals surface area (Å²) in [5, 5.41) is 13.5. The molecule has 3 N–H and O–H groups in total. The van der Waals surface area contributed by atoms with Crippen LogP contribution >= 0.6 is 0 Å². The van der Waals surface area contributed by atoms with Crippen LogP contribution < -0.4 is 15.8 Å². The number of aromatic nitrogens is 1. The van der Waals surface area contributed by atoms with E-state index >= 15 is 0 Å². The highest BCUT2D eigenvalue weighted by Gasteiger charge is 2.04. The van der Waals surface area contributed by atoms with Gasteiger partial charge in [0.2, 0.25) is 0 Å². The van der Waals surface area contributed by atoms with E-state index in [-0.39, 0.29) is 5.69 Å². The summed E-state index contributed by atoms with van der Waals surface area (Å²) in [4.78, 5) is 13.9. The Morgan fingerprint density at radius 2 is 2.20 bits per heavy atom. The number of rotatable bonds is 6. The van der Waals surface area contributed by atoms with E-state index in [9.17, 15) is 10.1 Å². The fourth-order valence-corrected chi connectivity index (χ4v) is 1.55. The van der Waals surface area contributed by atoms with Gasteiger partial charge in [-0.3, -0.25) is 10.1 Å². The van der Waals surface area contributed by atoms with Crippen LogP contribution in [0.2, 0.25) is 0 Å². The van der Waals surface area contributed by atoms with Crippen LogP contribution in [0.15, 0.2) is 42.6 Å². The van der Waals surface area contributed by atoms with Crippen LogP contribution in [0.25, 0.3) is 0 Å². The minimum atomic E-state index is -0.486. The monoisotopic (exact) mass is 274 g/mol. The maximum Gasteiger partial charge on any atom is 0.287 e. The van der Waals surface area contributed by atoms with Crippen LogP contribution in [0, 0.1) is 10.1 Å². The lowest BCUT2D eigenvalue weighted by Crippen LogP contribution is -2.12. The number of nitro groups is 1. The zero-order valence-electron chi connectivity index (χ0n) is 10.7. The molecule has 7 heteroatoms. The van der Waals surface area contributed by atoms with Gasteiger partial charge in [-0.2, -0.15) is 0 Å². The second kappa shape index (κ2) is 6.37. The lowest BCUT2D eigenvalue weighted by Gasteiger charge is -2.08. The standard InChI is InChI=1S/C13H14N4O3/c14-10-2-1-3-12(8-10)20-7-6-15-13-5-4-11(9-16-13)17(18)19/h1-5,8-9H,6-7,14H2,(H,15,16). The number of pyridine rings is 1. The molecule has 0 aliphatic rings. The van der Waals surface area contributed by atoms with Gasteiger partial charge in [-0.15, -0.1) is 0 Å². The van der Waals surface area contributed by atoms with Gasteiger partial charge < -0.3 is 15.8 Å². The van der Waals surface area contributed by atoms with Gasteiger partial charge in [-0.25, -0.2) is 4.98 Å². The zero-order chi connectivity index (χ0) is 14.4. The SMILES string of the molecule is Nc1cccc(OCCNc2ccc([N+](=O)[O-])cn2)c1. The molecule has 2 rings (SSSR count). The molecule has 0 aliphatic heterocycles. The molecule has 1 aromatic carbocycles. The Kier molecular flexibility index (Phi) is 4.33. The minimum absolute atomic E-state index is 0.0356. The molecule has 0 bridgehead atoms. The largest absolute Gasteiger partial charge is 0.492 e. The van der Waals surface area contributed by atoms with Crippen molar-refractivity contribution in [3.63, 3.8) is 0 Å². The van der Waals surface area contributed by atoms with Gasteiger partial charge in [0, 0.05) is 17.8 Å². The Labute approximate surface area is 115 Å². The van der Waals surface area contributed by atoms with Crippen LogP contribution in [0.5, 0.6) is 5.75 Å². The minimum Gasteiger partial charge on any atom is -0.492 e. The summed E-state index contributed by atoms with van der Waals surface area (Å²) in [6.45, 7) is 0.960. The molecule has 0 radical (unpaired) electrons. The average Bonchev–Trinajstić information content (AvgIpc) is 2.44. The number of nitrogen functional groups attached to an aromatic ring is 1. The summed E-state index contributed by atoms with van der Waals surface area (Å²) >= 11 is 0. The molecular formula is C13H14N4O3. The number of nitrogens with one attached hydrogen (secondary N) is 1. The predicted octanol–water partition coefficient (Wildman–Crippen LogP) is 2.06. The van der Waals surface area contributed by atoms with E-state index in [4.69, 9.17) is 10.5 Å². The first-order valence-corrected chi connectivity index (χ1v) is 5.98. The van der Waals surface area contributed by atoms with Gasteiger partial charge in [0.1, 0.15) is 24.4 Å². The second-order valence-electron chi connectivity index (χ2n) is 4.01. The molecule has 1 aromatic heterocycles. The molecule has 0 atom stereocenters. The smallest absolute Gasteiger partial charge is 0.287 e. The lowest BCUT2D eigenvalue weighted by molar-refractivity contribution is -0.385. The highest BCUT2D eigenvalue weighted by molar-refractivity contribution is 5.43. The van der Waals surface area contributed by atoms with Crippen molar-refractivity contribution in [3.8, 4) is 5.75 Å². The summed E-state index contributed by atoms with van der Waals surface area (Å²) < 4.78 is 5.49. The molecule has 0 saturated carbocycles. The van der Waals surface area contributed by atoms with Gasteiger partial charge >= 0.3 is 0 Å². The number of anilines is 2. The summed E-state index contributed by atoms with van der Waals surface area (Å²) in [6, 6.07) is 10.1. The van der Waals surface area contributed by atoms with E-state index in [0.717, 1.165) is 0 Å².